The van der Waals surface area contributed by atoms with E-state index in [1.165, 1.54) is 11.3 Å². The molecule has 2 aliphatic rings. The molecule has 1 saturated heterocycles. The second kappa shape index (κ2) is 7.77. The minimum absolute atomic E-state index is 0.0732. The number of hydrogen-bond donors (Lipinski definition) is 1. The number of nitriles is 1. The van der Waals surface area contributed by atoms with Gasteiger partial charge in [-0.05, 0) is 60.2 Å². The number of nitrogens with zero attached hydrogens (tertiary/aromatic N) is 4. The van der Waals surface area contributed by atoms with E-state index in [2.05, 4.69) is 38.0 Å². The van der Waals surface area contributed by atoms with Crippen molar-refractivity contribution in [3.8, 4) is 6.07 Å². The number of allylic oxidation sites excluding steroid dienone is 1. The minimum atomic E-state index is -0.0732. The van der Waals surface area contributed by atoms with E-state index < -0.39 is 0 Å². The van der Waals surface area contributed by atoms with Crippen LogP contribution in [0.15, 0.2) is 59.7 Å². The molecule has 0 bridgehead atoms. The maximum atomic E-state index is 12.4. The maximum absolute atomic E-state index is 12.4. The van der Waals surface area contributed by atoms with Crippen molar-refractivity contribution in [3.05, 3.63) is 76.5 Å². The van der Waals surface area contributed by atoms with Gasteiger partial charge < -0.3 is 9.88 Å². The Balaban J connectivity index is 1.28. The zero-order valence-electron chi connectivity index (χ0n) is 16.7. The summed E-state index contributed by atoms with van der Waals surface area (Å²) < 4.78 is 0. The molecule has 1 N–H and O–H groups in total. The molecule has 1 aliphatic heterocycles. The second-order valence-electron chi connectivity index (χ2n) is 7.95. The number of aromatic amines is 1. The highest BCUT2D eigenvalue weighted by Gasteiger charge is 2.27. The lowest BCUT2D eigenvalue weighted by molar-refractivity contribution is 0.214. The van der Waals surface area contributed by atoms with Crippen LogP contribution in [0.5, 0.6) is 0 Å². The predicted molar refractivity (Wildman–Crippen MR) is 118 cm³/mol. The van der Waals surface area contributed by atoms with Crippen molar-refractivity contribution < 1.29 is 0 Å². The molecule has 5 rings (SSSR count). The van der Waals surface area contributed by atoms with Crippen molar-refractivity contribution in [3.63, 3.8) is 0 Å². The van der Waals surface area contributed by atoms with Gasteiger partial charge in [0.15, 0.2) is 0 Å². The fourth-order valence-electron chi connectivity index (χ4n) is 4.55. The minimum Gasteiger partial charge on any atom is -0.369 e. The van der Waals surface area contributed by atoms with Gasteiger partial charge in [-0.1, -0.05) is 6.08 Å². The van der Waals surface area contributed by atoms with E-state index in [0.29, 0.717) is 17.0 Å². The van der Waals surface area contributed by atoms with Gasteiger partial charge in [0.05, 0.1) is 17.0 Å². The summed E-state index contributed by atoms with van der Waals surface area (Å²) in [6.45, 7) is 3.97. The van der Waals surface area contributed by atoms with E-state index in [9.17, 15) is 4.79 Å². The van der Waals surface area contributed by atoms with Gasteiger partial charge in [-0.2, -0.15) is 5.26 Å². The SMILES string of the molecule is N#Cc1ccc(N2CCN([C@H]3C=C(c4cc5ccncc5c(=O)[nH]4)CC3)CC2)cc1. The molecule has 3 aromatic rings. The predicted octanol–water partition coefficient (Wildman–Crippen LogP) is 3.16. The molecule has 0 unspecified atom stereocenters. The average Bonchev–Trinajstić information content (AvgIpc) is 3.30. The first-order valence-corrected chi connectivity index (χ1v) is 10.4. The summed E-state index contributed by atoms with van der Waals surface area (Å²) in [4.78, 5) is 24.4. The Morgan fingerprint density at radius 3 is 2.67 bits per heavy atom. The average molecular weight is 397 g/mol. The van der Waals surface area contributed by atoms with Crippen LogP contribution in [0.1, 0.15) is 24.1 Å². The second-order valence-corrected chi connectivity index (χ2v) is 7.95. The summed E-state index contributed by atoms with van der Waals surface area (Å²) >= 11 is 0. The summed E-state index contributed by atoms with van der Waals surface area (Å²) in [6, 6.07) is 14.4. The zero-order chi connectivity index (χ0) is 20.5. The highest BCUT2D eigenvalue weighted by Crippen LogP contribution is 2.31. The molecular formula is C24H23N5O. The Morgan fingerprint density at radius 1 is 1.10 bits per heavy atom. The van der Waals surface area contributed by atoms with Gasteiger partial charge in [0.25, 0.3) is 5.56 Å². The molecule has 0 saturated carbocycles. The standard InChI is InChI=1S/C24H23N5O/c25-15-17-1-4-20(5-2-17)28-9-11-29(12-10-28)21-6-3-19(13-21)23-14-18-7-8-26-16-22(18)24(30)27-23/h1-2,4-5,7-8,13-14,16,21H,3,6,9-12H2,(H,27,30)/t21-/m1/s1. The van der Waals surface area contributed by atoms with Gasteiger partial charge in [-0.3, -0.25) is 14.7 Å². The molecule has 0 radical (unpaired) electrons. The van der Waals surface area contributed by atoms with Crippen LogP contribution < -0.4 is 10.5 Å². The molecule has 1 aromatic carbocycles. The molecule has 1 atom stereocenters. The largest absolute Gasteiger partial charge is 0.369 e. The number of aromatic nitrogens is 2. The van der Waals surface area contributed by atoms with E-state index in [1.54, 1.807) is 12.4 Å². The van der Waals surface area contributed by atoms with E-state index >= 15 is 0 Å². The molecule has 2 aromatic heterocycles. The molecule has 6 heteroatoms. The molecule has 0 amide bonds. The Bertz CT molecular complexity index is 1200. The molecular weight excluding hydrogens is 374 g/mol. The lowest BCUT2D eigenvalue weighted by Crippen LogP contribution is -2.49. The van der Waals surface area contributed by atoms with E-state index in [1.807, 2.05) is 30.3 Å². The topological polar surface area (TPSA) is 76.0 Å². The van der Waals surface area contributed by atoms with Gasteiger partial charge in [0.2, 0.25) is 0 Å². The van der Waals surface area contributed by atoms with Crippen molar-refractivity contribution in [1.29, 1.82) is 5.26 Å². The maximum Gasteiger partial charge on any atom is 0.257 e. The molecule has 0 spiro atoms. The monoisotopic (exact) mass is 397 g/mol. The quantitative estimate of drug-likeness (QED) is 0.735. The Morgan fingerprint density at radius 2 is 1.90 bits per heavy atom. The number of benzene rings is 1. The number of hydrogen-bond acceptors (Lipinski definition) is 5. The number of rotatable bonds is 3. The van der Waals surface area contributed by atoms with E-state index in [0.717, 1.165) is 50.1 Å². The third-order valence-electron chi connectivity index (χ3n) is 6.24. The number of pyridine rings is 2. The van der Waals surface area contributed by atoms with Crippen LogP contribution in [0.3, 0.4) is 0 Å². The van der Waals surface area contributed by atoms with Crippen molar-refractivity contribution in [2.45, 2.75) is 18.9 Å². The van der Waals surface area contributed by atoms with Crippen LogP contribution in [0, 0.1) is 11.3 Å². The van der Waals surface area contributed by atoms with Gasteiger partial charge >= 0.3 is 0 Å². The smallest absolute Gasteiger partial charge is 0.257 e. The molecule has 150 valence electrons. The number of H-pyrrole nitrogens is 1. The highest BCUT2D eigenvalue weighted by atomic mass is 16.1. The Labute approximate surface area is 175 Å². The van der Waals surface area contributed by atoms with Crippen LogP contribution in [0.25, 0.3) is 16.3 Å². The first-order valence-electron chi connectivity index (χ1n) is 10.4. The Hall–Kier alpha value is -3.43. The van der Waals surface area contributed by atoms with Crippen LogP contribution in [0.4, 0.5) is 5.69 Å². The molecule has 30 heavy (non-hydrogen) atoms. The lowest BCUT2D eigenvalue weighted by atomic mass is 10.1. The van der Waals surface area contributed by atoms with Crippen LogP contribution >= 0.6 is 0 Å². The van der Waals surface area contributed by atoms with E-state index in [4.69, 9.17) is 5.26 Å². The molecule has 6 nitrogen and oxygen atoms in total. The van der Waals surface area contributed by atoms with Crippen LogP contribution in [-0.2, 0) is 0 Å². The number of piperazine rings is 1. The molecule has 3 heterocycles. The van der Waals surface area contributed by atoms with Gasteiger partial charge in [0.1, 0.15) is 0 Å². The van der Waals surface area contributed by atoms with Crippen LogP contribution in [0.2, 0.25) is 0 Å². The summed E-state index contributed by atoms with van der Waals surface area (Å²) in [5.74, 6) is 0. The Kier molecular flexibility index (Phi) is 4.82. The number of nitrogens with one attached hydrogen (secondary N) is 1. The number of fused-ring (bicyclic) bond motifs is 1. The van der Waals surface area contributed by atoms with Crippen molar-refractivity contribution in [2.75, 3.05) is 31.1 Å². The van der Waals surface area contributed by atoms with Crippen LogP contribution in [-0.4, -0.2) is 47.1 Å². The fraction of sp³-hybridized carbons (Fsp3) is 0.292. The summed E-state index contributed by atoms with van der Waals surface area (Å²) in [6.07, 6.45) is 7.74. The first kappa shape index (κ1) is 18.6. The first-order chi connectivity index (χ1) is 14.7. The third kappa shape index (κ3) is 3.49. The third-order valence-corrected chi connectivity index (χ3v) is 6.24. The van der Waals surface area contributed by atoms with Crippen molar-refractivity contribution in [1.82, 2.24) is 14.9 Å². The molecule has 1 aliphatic carbocycles. The van der Waals surface area contributed by atoms with Gasteiger partial charge in [0, 0.05) is 56.0 Å². The van der Waals surface area contributed by atoms with Gasteiger partial charge in [-0.25, -0.2) is 0 Å². The highest BCUT2D eigenvalue weighted by molar-refractivity contribution is 5.83. The van der Waals surface area contributed by atoms with Crippen molar-refractivity contribution >= 4 is 22.0 Å². The summed E-state index contributed by atoms with van der Waals surface area (Å²) in [5, 5.41) is 10.5. The molecule has 1 fully saturated rings. The van der Waals surface area contributed by atoms with Crippen molar-refractivity contribution in [2.24, 2.45) is 0 Å². The summed E-state index contributed by atoms with van der Waals surface area (Å²) in [7, 11) is 0. The zero-order valence-corrected chi connectivity index (χ0v) is 16.7. The fourth-order valence-corrected chi connectivity index (χ4v) is 4.55. The van der Waals surface area contributed by atoms with E-state index in [-0.39, 0.29) is 5.56 Å². The lowest BCUT2D eigenvalue weighted by Gasteiger charge is -2.38. The summed E-state index contributed by atoms with van der Waals surface area (Å²) in [5.41, 5.74) is 3.96. The normalized spacial score (nSPS) is 19.6. The van der Waals surface area contributed by atoms with Gasteiger partial charge in [-0.15, -0.1) is 0 Å². The number of anilines is 1.